The van der Waals surface area contributed by atoms with Gasteiger partial charge in [-0.3, -0.25) is 14.2 Å². The quantitative estimate of drug-likeness (QED) is 0.642. The second-order valence-electron chi connectivity index (χ2n) is 6.29. The Hall–Kier alpha value is -3.26. The number of hydrogen-bond donors (Lipinski definition) is 2. The van der Waals surface area contributed by atoms with Gasteiger partial charge in [-0.15, -0.1) is 0 Å². The minimum atomic E-state index is -0.473. The fourth-order valence-electron chi connectivity index (χ4n) is 2.59. The molecule has 0 aliphatic rings. The van der Waals surface area contributed by atoms with Crippen molar-refractivity contribution in [2.45, 2.75) is 20.0 Å². The van der Waals surface area contributed by atoms with Gasteiger partial charge < -0.3 is 10.6 Å². The molecule has 0 bridgehead atoms. The van der Waals surface area contributed by atoms with E-state index in [1.165, 1.54) is 42.5 Å². The average Bonchev–Trinajstić information content (AvgIpc) is 2.65. The molecule has 29 heavy (non-hydrogen) atoms. The van der Waals surface area contributed by atoms with Crippen LogP contribution in [0.15, 0.2) is 53.3 Å². The number of nitrogens with zero attached hydrogens (tertiary/aromatic N) is 2. The van der Waals surface area contributed by atoms with Crippen molar-refractivity contribution in [3.63, 3.8) is 0 Å². The normalized spacial score (nSPS) is 10.6. The second-order valence-corrected chi connectivity index (χ2v) is 6.70. The number of carbonyl (C=O) groups excluding carboxylic acids is 1. The molecule has 3 aromatic rings. The van der Waals surface area contributed by atoms with Gasteiger partial charge in [0, 0.05) is 29.0 Å². The third-order valence-electron chi connectivity index (χ3n) is 4.03. The Kier molecular flexibility index (Phi) is 6.23. The summed E-state index contributed by atoms with van der Waals surface area (Å²) >= 11 is 5.95. The summed E-state index contributed by atoms with van der Waals surface area (Å²) in [5.74, 6) is -1.18. The molecule has 0 aliphatic carbocycles. The zero-order valence-corrected chi connectivity index (χ0v) is 16.1. The third-order valence-corrected chi connectivity index (χ3v) is 4.38. The highest BCUT2D eigenvalue weighted by Gasteiger charge is 2.12. The molecule has 1 heterocycles. The third kappa shape index (κ3) is 5.39. The van der Waals surface area contributed by atoms with E-state index in [4.69, 9.17) is 11.6 Å². The van der Waals surface area contributed by atoms with Crippen LogP contribution in [0.4, 0.5) is 20.4 Å². The molecule has 0 saturated heterocycles. The molecule has 0 aliphatic heterocycles. The summed E-state index contributed by atoms with van der Waals surface area (Å²) in [6.07, 6.45) is 0. The molecular formula is C20H17ClF2N4O2. The molecule has 150 valence electrons. The Labute approximate surface area is 170 Å². The SMILES string of the molecule is Cc1cc(=O)n(CC(=O)NCc2ccc(F)cc2Cl)c(Nc2ccc(F)cc2)n1. The van der Waals surface area contributed by atoms with Gasteiger partial charge in [-0.25, -0.2) is 13.8 Å². The Morgan fingerprint density at radius 1 is 1.10 bits per heavy atom. The number of halogens is 3. The van der Waals surface area contributed by atoms with E-state index in [9.17, 15) is 18.4 Å². The molecule has 0 spiro atoms. The zero-order valence-electron chi connectivity index (χ0n) is 15.4. The van der Waals surface area contributed by atoms with Gasteiger partial charge in [0.05, 0.1) is 0 Å². The number of rotatable bonds is 6. The van der Waals surface area contributed by atoms with Crippen LogP contribution in [0.3, 0.4) is 0 Å². The van der Waals surface area contributed by atoms with E-state index >= 15 is 0 Å². The van der Waals surface area contributed by atoms with Crippen molar-refractivity contribution in [2.75, 3.05) is 5.32 Å². The number of nitrogens with one attached hydrogen (secondary N) is 2. The fraction of sp³-hybridized carbons (Fsp3) is 0.150. The standard InChI is InChI=1S/C20H17ClF2N4O2/c1-12-8-19(29)27(20(25-12)26-16-6-4-14(22)5-7-16)11-18(28)24-10-13-2-3-15(23)9-17(13)21/h2-9H,10-11H2,1H3,(H,24,28)(H,25,26). The molecule has 0 fully saturated rings. The monoisotopic (exact) mass is 418 g/mol. The highest BCUT2D eigenvalue weighted by atomic mass is 35.5. The van der Waals surface area contributed by atoms with Gasteiger partial charge >= 0.3 is 0 Å². The van der Waals surface area contributed by atoms with Gasteiger partial charge in [-0.1, -0.05) is 17.7 Å². The van der Waals surface area contributed by atoms with Gasteiger partial charge in [0.25, 0.3) is 5.56 Å². The molecule has 9 heteroatoms. The van der Waals surface area contributed by atoms with Crippen LogP contribution in [-0.2, 0) is 17.9 Å². The van der Waals surface area contributed by atoms with Crippen LogP contribution in [0.1, 0.15) is 11.3 Å². The lowest BCUT2D eigenvalue weighted by Crippen LogP contribution is -2.33. The average molecular weight is 419 g/mol. The van der Waals surface area contributed by atoms with Crippen LogP contribution >= 0.6 is 11.6 Å². The van der Waals surface area contributed by atoms with Crippen LogP contribution < -0.4 is 16.2 Å². The Morgan fingerprint density at radius 3 is 2.48 bits per heavy atom. The molecule has 3 rings (SSSR count). The fourth-order valence-corrected chi connectivity index (χ4v) is 2.82. The number of anilines is 2. The summed E-state index contributed by atoms with van der Waals surface area (Å²) in [6, 6.07) is 10.7. The molecule has 0 saturated carbocycles. The first-order valence-electron chi connectivity index (χ1n) is 8.63. The highest BCUT2D eigenvalue weighted by Crippen LogP contribution is 2.17. The van der Waals surface area contributed by atoms with Gasteiger partial charge in [-0.05, 0) is 48.9 Å². The van der Waals surface area contributed by atoms with Crippen LogP contribution in [0.5, 0.6) is 0 Å². The van der Waals surface area contributed by atoms with Crippen molar-refractivity contribution < 1.29 is 13.6 Å². The number of aromatic nitrogens is 2. The van der Waals surface area contributed by atoms with E-state index in [1.807, 2.05) is 0 Å². The van der Waals surface area contributed by atoms with Crippen LogP contribution in [-0.4, -0.2) is 15.5 Å². The van der Waals surface area contributed by atoms with Crippen molar-refractivity contribution >= 4 is 29.1 Å². The molecule has 1 aromatic heterocycles. The largest absolute Gasteiger partial charge is 0.350 e. The lowest BCUT2D eigenvalue weighted by molar-refractivity contribution is -0.121. The summed E-state index contributed by atoms with van der Waals surface area (Å²) in [4.78, 5) is 29.0. The van der Waals surface area contributed by atoms with Crippen molar-refractivity contribution in [1.29, 1.82) is 0 Å². The lowest BCUT2D eigenvalue weighted by atomic mass is 10.2. The van der Waals surface area contributed by atoms with E-state index in [-0.39, 0.29) is 24.1 Å². The van der Waals surface area contributed by atoms with Gasteiger partial charge in [-0.2, -0.15) is 0 Å². The van der Waals surface area contributed by atoms with E-state index in [1.54, 1.807) is 6.92 Å². The maximum absolute atomic E-state index is 13.1. The van der Waals surface area contributed by atoms with E-state index in [2.05, 4.69) is 15.6 Å². The van der Waals surface area contributed by atoms with Crippen LogP contribution in [0, 0.1) is 18.6 Å². The second kappa shape index (κ2) is 8.83. The lowest BCUT2D eigenvalue weighted by Gasteiger charge is -2.14. The molecule has 2 aromatic carbocycles. The molecule has 2 N–H and O–H groups in total. The van der Waals surface area contributed by atoms with Crippen molar-refractivity contribution in [3.8, 4) is 0 Å². The van der Waals surface area contributed by atoms with Crippen molar-refractivity contribution in [2.24, 2.45) is 0 Å². The van der Waals surface area contributed by atoms with E-state index in [0.717, 1.165) is 10.6 Å². The predicted molar refractivity (Wildman–Crippen MR) is 106 cm³/mol. The number of hydrogen-bond acceptors (Lipinski definition) is 4. The predicted octanol–water partition coefficient (Wildman–Crippen LogP) is 3.54. The number of benzene rings is 2. The molecule has 6 nitrogen and oxygen atoms in total. The highest BCUT2D eigenvalue weighted by molar-refractivity contribution is 6.31. The summed E-state index contributed by atoms with van der Waals surface area (Å²) in [6.45, 7) is 1.43. The first-order valence-corrected chi connectivity index (χ1v) is 9.01. The first-order chi connectivity index (χ1) is 13.8. The number of amides is 1. The van der Waals surface area contributed by atoms with Gasteiger partial charge in [0.2, 0.25) is 11.9 Å². The Morgan fingerprint density at radius 2 is 1.79 bits per heavy atom. The number of aryl methyl sites for hydroxylation is 1. The topological polar surface area (TPSA) is 76.0 Å². The maximum Gasteiger partial charge on any atom is 0.255 e. The van der Waals surface area contributed by atoms with E-state index < -0.39 is 23.1 Å². The molecule has 0 unspecified atom stereocenters. The summed E-state index contributed by atoms with van der Waals surface area (Å²) in [5, 5.41) is 5.75. The minimum absolute atomic E-state index is 0.0761. The summed E-state index contributed by atoms with van der Waals surface area (Å²) in [7, 11) is 0. The molecule has 0 radical (unpaired) electrons. The van der Waals surface area contributed by atoms with Crippen molar-refractivity contribution in [3.05, 3.63) is 86.8 Å². The number of carbonyl (C=O) groups is 1. The van der Waals surface area contributed by atoms with Crippen LogP contribution in [0.25, 0.3) is 0 Å². The van der Waals surface area contributed by atoms with E-state index in [0.29, 0.717) is 16.9 Å². The van der Waals surface area contributed by atoms with Crippen molar-refractivity contribution in [1.82, 2.24) is 14.9 Å². The maximum atomic E-state index is 13.1. The first kappa shape index (κ1) is 20.5. The Bertz CT molecular complexity index is 1100. The summed E-state index contributed by atoms with van der Waals surface area (Å²) in [5.41, 5.74) is 1.10. The Balaban J connectivity index is 1.76. The molecular weight excluding hydrogens is 402 g/mol. The molecule has 1 amide bonds. The smallest absolute Gasteiger partial charge is 0.255 e. The molecule has 0 atom stereocenters. The summed E-state index contributed by atoms with van der Waals surface area (Å²) < 4.78 is 27.4. The van der Waals surface area contributed by atoms with Gasteiger partial charge in [0.15, 0.2) is 0 Å². The van der Waals surface area contributed by atoms with Crippen LogP contribution in [0.2, 0.25) is 5.02 Å². The zero-order chi connectivity index (χ0) is 21.0. The minimum Gasteiger partial charge on any atom is -0.350 e. The van der Waals surface area contributed by atoms with Gasteiger partial charge in [0.1, 0.15) is 18.2 Å².